The van der Waals surface area contributed by atoms with Crippen molar-refractivity contribution in [1.82, 2.24) is 5.32 Å². The van der Waals surface area contributed by atoms with E-state index >= 15 is 0 Å². The van der Waals surface area contributed by atoms with Gasteiger partial charge in [0.1, 0.15) is 18.8 Å². The Labute approximate surface area is 150 Å². The molecule has 2 unspecified atom stereocenters. The van der Waals surface area contributed by atoms with Crippen LogP contribution >= 0.6 is 0 Å². The van der Waals surface area contributed by atoms with Crippen LogP contribution in [0.25, 0.3) is 0 Å². The first kappa shape index (κ1) is 19.2. The van der Waals surface area contributed by atoms with E-state index in [9.17, 15) is 19.8 Å². The molecule has 0 aliphatic heterocycles. The maximum absolute atomic E-state index is 11.6. The van der Waals surface area contributed by atoms with Gasteiger partial charge in [-0.3, -0.25) is 0 Å². The van der Waals surface area contributed by atoms with Gasteiger partial charge in [0.15, 0.2) is 0 Å². The average molecular weight is 359 g/mol. The van der Waals surface area contributed by atoms with E-state index in [1.54, 1.807) is 0 Å². The molecule has 8 nitrogen and oxygen atoms in total. The number of aliphatic hydroxyl groups excluding tert-OH is 2. The van der Waals surface area contributed by atoms with Crippen molar-refractivity contribution in [2.75, 3.05) is 11.9 Å². The average Bonchev–Trinajstić information content (AvgIpc) is 2.65. The summed E-state index contributed by atoms with van der Waals surface area (Å²) in [6.45, 7) is -0.0737. The molecule has 0 saturated heterocycles. The summed E-state index contributed by atoms with van der Waals surface area (Å²) in [5.74, 6) is 0. The van der Waals surface area contributed by atoms with Crippen molar-refractivity contribution in [3.8, 4) is 0 Å². The number of rotatable bonds is 7. The van der Waals surface area contributed by atoms with Crippen LogP contribution in [0, 0.1) is 0 Å². The molecule has 2 atom stereocenters. The van der Waals surface area contributed by atoms with Gasteiger partial charge in [0.25, 0.3) is 0 Å². The summed E-state index contributed by atoms with van der Waals surface area (Å²) in [5, 5.41) is 24.9. The Kier molecular flexibility index (Phi) is 6.95. The van der Waals surface area contributed by atoms with E-state index in [0.29, 0.717) is 11.3 Å². The molecule has 0 saturated carbocycles. The van der Waals surface area contributed by atoms with Crippen molar-refractivity contribution in [1.29, 1.82) is 0 Å². The van der Waals surface area contributed by atoms with E-state index in [2.05, 4.69) is 10.6 Å². The largest absolute Gasteiger partial charge is 0.445 e. The second kappa shape index (κ2) is 9.40. The van der Waals surface area contributed by atoms with Crippen molar-refractivity contribution >= 4 is 17.8 Å². The van der Waals surface area contributed by atoms with E-state index in [4.69, 9.17) is 10.5 Å². The normalized spacial score (nSPS) is 12.7. The van der Waals surface area contributed by atoms with Crippen LogP contribution in [0.15, 0.2) is 54.6 Å². The Morgan fingerprint density at radius 3 is 2.31 bits per heavy atom. The van der Waals surface area contributed by atoms with Gasteiger partial charge >= 0.3 is 12.1 Å². The SMILES string of the molecule is NC(=O)Nc1ccc(C(O)C(O)CNC(=O)OCc2ccccc2)cc1. The number of aliphatic hydroxyl groups is 2. The minimum absolute atomic E-state index is 0.111. The summed E-state index contributed by atoms with van der Waals surface area (Å²) >= 11 is 0. The lowest BCUT2D eigenvalue weighted by molar-refractivity contribution is 0.0184. The number of carbonyl (C=O) groups excluding carboxylic acids is 2. The number of urea groups is 1. The molecule has 138 valence electrons. The molecule has 8 heteroatoms. The molecule has 2 aromatic carbocycles. The van der Waals surface area contributed by atoms with Gasteiger partial charge in [0.2, 0.25) is 0 Å². The summed E-state index contributed by atoms with van der Waals surface area (Å²) in [6.07, 6.45) is -3.14. The Balaban J connectivity index is 1.78. The van der Waals surface area contributed by atoms with Crippen LogP contribution in [-0.2, 0) is 11.3 Å². The standard InChI is InChI=1S/C18H21N3O5/c19-17(24)21-14-8-6-13(7-9-14)16(23)15(22)10-20-18(25)26-11-12-4-2-1-3-5-12/h1-9,15-16,22-23H,10-11H2,(H,20,25)(H3,19,21,24). The van der Waals surface area contributed by atoms with Crippen LogP contribution in [-0.4, -0.2) is 35.0 Å². The lowest BCUT2D eigenvalue weighted by atomic mass is 10.0. The number of amides is 3. The third-order valence-corrected chi connectivity index (χ3v) is 3.55. The van der Waals surface area contributed by atoms with E-state index in [-0.39, 0.29) is 13.2 Å². The second-order valence-corrected chi connectivity index (χ2v) is 5.57. The molecule has 0 aliphatic rings. The van der Waals surface area contributed by atoms with Crippen molar-refractivity contribution in [2.45, 2.75) is 18.8 Å². The van der Waals surface area contributed by atoms with Crippen molar-refractivity contribution in [2.24, 2.45) is 5.73 Å². The van der Waals surface area contributed by atoms with Crippen molar-refractivity contribution < 1.29 is 24.5 Å². The number of hydrogen-bond acceptors (Lipinski definition) is 5. The summed E-state index contributed by atoms with van der Waals surface area (Å²) in [4.78, 5) is 22.4. The highest BCUT2D eigenvalue weighted by atomic mass is 16.5. The van der Waals surface area contributed by atoms with E-state index in [1.165, 1.54) is 24.3 Å². The Morgan fingerprint density at radius 1 is 1.04 bits per heavy atom. The van der Waals surface area contributed by atoms with E-state index < -0.39 is 24.3 Å². The van der Waals surface area contributed by atoms with Gasteiger partial charge in [0, 0.05) is 12.2 Å². The quantitative estimate of drug-likeness (QED) is 0.511. The smallest absolute Gasteiger partial charge is 0.407 e. The number of nitrogens with two attached hydrogens (primary N) is 1. The third-order valence-electron chi connectivity index (χ3n) is 3.55. The molecule has 6 N–H and O–H groups in total. The topological polar surface area (TPSA) is 134 Å². The Hall–Kier alpha value is -3.10. The van der Waals surface area contributed by atoms with E-state index in [1.807, 2.05) is 30.3 Å². The zero-order chi connectivity index (χ0) is 18.9. The highest BCUT2D eigenvalue weighted by molar-refractivity contribution is 5.87. The Bertz CT molecular complexity index is 721. The number of ether oxygens (including phenoxy) is 1. The summed E-state index contributed by atoms with van der Waals surface area (Å²) in [7, 11) is 0. The number of anilines is 1. The fourth-order valence-electron chi connectivity index (χ4n) is 2.20. The molecular formula is C18H21N3O5. The number of benzene rings is 2. The van der Waals surface area contributed by atoms with Gasteiger partial charge in [-0.25, -0.2) is 9.59 Å². The fourth-order valence-corrected chi connectivity index (χ4v) is 2.20. The molecule has 0 aliphatic carbocycles. The van der Waals surface area contributed by atoms with Gasteiger partial charge in [-0.05, 0) is 23.3 Å². The van der Waals surface area contributed by atoms with Crippen LogP contribution in [0.4, 0.5) is 15.3 Å². The first-order chi connectivity index (χ1) is 12.5. The Morgan fingerprint density at radius 2 is 1.69 bits per heavy atom. The van der Waals surface area contributed by atoms with Crippen LogP contribution in [0.2, 0.25) is 0 Å². The van der Waals surface area contributed by atoms with Gasteiger partial charge in [-0.15, -0.1) is 0 Å². The van der Waals surface area contributed by atoms with Gasteiger partial charge < -0.3 is 31.3 Å². The molecule has 0 radical (unpaired) electrons. The fraction of sp³-hybridized carbons (Fsp3) is 0.222. The third kappa shape index (κ3) is 6.08. The molecular weight excluding hydrogens is 338 g/mol. The summed E-state index contributed by atoms with van der Waals surface area (Å²) < 4.78 is 5.02. The maximum atomic E-state index is 11.6. The molecule has 3 amide bonds. The van der Waals surface area contributed by atoms with Gasteiger partial charge in [-0.2, -0.15) is 0 Å². The highest BCUT2D eigenvalue weighted by Gasteiger charge is 2.19. The lowest BCUT2D eigenvalue weighted by Crippen LogP contribution is -2.35. The molecule has 26 heavy (non-hydrogen) atoms. The molecule has 0 bridgehead atoms. The molecule has 0 spiro atoms. The second-order valence-electron chi connectivity index (χ2n) is 5.57. The molecule has 0 fully saturated rings. The van der Waals surface area contributed by atoms with Crippen LogP contribution in [0.1, 0.15) is 17.2 Å². The van der Waals surface area contributed by atoms with Crippen molar-refractivity contribution in [3.63, 3.8) is 0 Å². The predicted molar refractivity (Wildman–Crippen MR) is 95.2 cm³/mol. The van der Waals surface area contributed by atoms with Gasteiger partial charge in [-0.1, -0.05) is 42.5 Å². The number of primary amides is 1. The molecule has 0 aromatic heterocycles. The number of hydrogen-bond donors (Lipinski definition) is 5. The number of carbonyl (C=O) groups is 2. The van der Waals surface area contributed by atoms with Crippen LogP contribution in [0.5, 0.6) is 0 Å². The lowest BCUT2D eigenvalue weighted by Gasteiger charge is -2.19. The zero-order valence-corrected chi connectivity index (χ0v) is 14.0. The molecule has 2 aromatic rings. The summed E-state index contributed by atoms with van der Waals surface area (Å²) in [5.41, 5.74) is 6.74. The van der Waals surface area contributed by atoms with Gasteiger partial charge in [0.05, 0.1) is 0 Å². The molecule has 2 rings (SSSR count). The van der Waals surface area contributed by atoms with E-state index in [0.717, 1.165) is 5.56 Å². The first-order valence-electron chi connectivity index (χ1n) is 7.93. The highest BCUT2D eigenvalue weighted by Crippen LogP contribution is 2.19. The van der Waals surface area contributed by atoms with Crippen LogP contribution in [0.3, 0.4) is 0 Å². The minimum Gasteiger partial charge on any atom is -0.445 e. The predicted octanol–water partition coefficient (Wildman–Crippen LogP) is 1.50. The van der Waals surface area contributed by atoms with Crippen molar-refractivity contribution in [3.05, 3.63) is 65.7 Å². The monoisotopic (exact) mass is 359 g/mol. The zero-order valence-electron chi connectivity index (χ0n) is 14.0. The first-order valence-corrected chi connectivity index (χ1v) is 7.93. The molecule has 0 heterocycles. The van der Waals surface area contributed by atoms with Crippen LogP contribution < -0.4 is 16.4 Å². The summed E-state index contributed by atoms with van der Waals surface area (Å²) in [6, 6.07) is 14.6. The number of alkyl carbamates (subject to hydrolysis) is 1. The minimum atomic E-state index is -1.23. The maximum Gasteiger partial charge on any atom is 0.407 e. The number of nitrogens with one attached hydrogen (secondary N) is 2.